The lowest BCUT2D eigenvalue weighted by molar-refractivity contribution is -0.138. The zero-order valence-corrected chi connectivity index (χ0v) is 12.4. The Bertz CT molecular complexity index is 566. The Kier molecular flexibility index (Phi) is 5.17. The zero-order chi connectivity index (χ0) is 15.2. The van der Waals surface area contributed by atoms with Gasteiger partial charge >= 0.3 is 5.97 Å². The van der Waals surface area contributed by atoms with E-state index in [4.69, 9.17) is 16.3 Å². The van der Waals surface area contributed by atoms with E-state index in [2.05, 4.69) is 18.1 Å². The van der Waals surface area contributed by atoms with Crippen molar-refractivity contribution >= 4 is 17.6 Å². The molecule has 1 aromatic heterocycles. The van der Waals surface area contributed by atoms with E-state index in [1.807, 2.05) is 11.0 Å². The molecule has 0 amide bonds. The molecule has 1 aliphatic heterocycles. The van der Waals surface area contributed by atoms with Crippen molar-refractivity contribution in [3.8, 4) is 0 Å². The number of halogens is 1. The topological polar surface area (TPSA) is 42.4 Å². The minimum absolute atomic E-state index is 0.282. The number of carbonyl (C=O) groups excluding carboxylic acids is 1. The quantitative estimate of drug-likeness (QED) is 0.441. The first-order chi connectivity index (χ1) is 10.1. The molecule has 2 heterocycles. The van der Waals surface area contributed by atoms with Crippen LogP contribution in [0.2, 0.25) is 5.15 Å². The predicted molar refractivity (Wildman–Crippen MR) is 82.6 cm³/mol. The van der Waals surface area contributed by atoms with Crippen LogP contribution in [0.1, 0.15) is 12.0 Å². The van der Waals surface area contributed by atoms with Crippen LogP contribution in [-0.2, 0) is 16.1 Å². The number of cyclic esters (lactones) is 1. The van der Waals surface area contributed by atoms with Gasteiger partial charge in [-0.15, -0.1) is 13.2 Å². The first-order valence-corrected chi connectivity index (χ1v) is 7.01. The Morgan fingerprint density at radius 1 is 1.38 bits per heavy atom. The maximum Gasteiger partial charge on any atom is 0.333 e. The SMILES string of the molecule is C=CCC1OC(=O)C=C1N(CC=C)Cc1ccc(Cl)nc1. The third kappa shape index (κ3) is 3.95. The van der Waals surface area contributed by atoms with Crippen molar-refractivity contribution in [2.75, 3.05) is 6.54 Å². The number of hydrogen-bond donors (Lipinski definition) is 0. The molecule has 0 saturated carbocycles. The molecular weight excluding hydrogens is 288 g/mol. The molecule has 0 aliphatic carbocycles. The summed E-state index contributed by atoms with van der Waals surface area (Å²) in [5.74, 6) is -0.319. The predicted octanol–water partition coefficient (Wildman–Crippen LogP) is 3.11. The monoisotopic (exact) mass is 304 g/mol. The van der Waals surface area contributed by atoms with Crippen LogP contribution in [0.25, 0.3) is 0 Å². The fraction of sp³-hybridized carbons (Fsp3) is 0.250. The van der Waals surface area contributed by atoms with Gasteiger partial charge in [-0.2, -0.15) is 0 Å². The number of rotatable bonds is 7. The fourth-order valence-electron chi connectivity index (χ4n) is 2.20. The van der Waals surface area contributed by atoms with Crippen molar-refractivity contribution in [2.45, 2.75) is 19.1 Å². The van der Waals surface area contributed by atoms with Crippen molar-refractivity contribution in [2.24, 2.45) is 0 Å². The summed E-state index contributed by atoms with van der Waals surface area (Å²) in [4.78, 5) is 17.6. The van der Waals surface area contributed by atoms with Gasteiger partial charge in [0.15, 0.2) is 0 Å². The second kappa shape index (κ2) is 7.09. The largest absolute Gasteiger partial charge is 0.452 e. The normalized spacial score (nSPS) is 17.1. The van der Waals surface area contributed by atoms with E-state index in [-0.39, 0.29) is 12.1 Å². The lowest BCUT2D eigenvalue weighted by Gasteiger charge is -2.27. The summed E-state index contributed by atoms with van der Waals surface area (Å²) in [7, 11) is 0. The van der Waals surface area contributed by atoms with E-state index < -0.39 is 0 Å². The molecule has 0 fully saturated rings. The molecule has 0 aromatic carbocycles. The van der Waals surface area contributed by atoms with Crippen LogP contribution in [0.15, 0.2) is 55.4 Å². The Morgan fingerprint density at radius 3 is 2.81 bits per heavy atom. The molecule has 1 unspecified atom stereocenters. The highest BCUT2D eigenvalue weighted by Crippen LogP contribution is 2.24. The Hall–Kier alpha value is -2.07. The van der Waals surface area contributed by atoms with Gasteiger partial charge in [0.1, 0.15) is 11.3 Å². The van der Waals surface area contributed by atoms with E-state index in [0.717, 1.165) is 11.3 Å². The van der Waals surface area contributed by atoms with E-state index in [0.29, 0.717) is 24.7 Å². The van der Waals surface area contributed by atoms with Crippen LogP contribution in [0, 0.1) is 0 Å². The summed E-state index contributed by atoms with van der Waals surface area (Å²) in [6.45, 7) is 8.68. The lowest BCUT2D eigenvalue weighted by atomic mass is 10.1. The average molecular weight is 305 g/mol. The summed E-state index contributed by atoms with van der Waals surface area (Å²) in [6.07, 6.45) is 7.09. The fourth-order valence-corrected chi connectivity index (χ4v) is 2.31. The molecule has 0 N–H and O–H groups in total. The van der Waals surface area contributed by atoms with Crippen LogP contribution in [0.5, 0.6) is 0 Å². The van der Waals surface area contributed by atoms with Crippen molar-refractivity contribution in [3.05, 3.63) is 66.1 Å². The average Bonchev–Trinajstić information content (AvgIpc) is 2.82. The van der Waals surface area contributed by atoms with Gasteiger partial charge in [0.25, 0.3) is 0 Å². The van der Waals surface area contributed by atoms with Gasteiger partial charge in [0, 0.05) is 31.8 Å². The van der Waals surface area contributed by atoms with E-state index in [1.165, 1.54) is 6.08 Å². The molecule has 110 valence electrons. The number of hydrogen-bond acceptors (Lipinski definition) is 4. The first kappa shape index (κ1) is 15.3. The number of nitrogens with zero attached hydrogens (tertiary/aromatic N) is 2. The molecule has 0 saturated heterocycles. The van der Waals surface area contributed by atoms with E-state index in [1.54, 1.807) is 24.4 Å². The summed E-state index contributed by atoms with van der Waals surface area (Å²) >= 11 is 5.79. The summed E-state index contributed by atoms with van der Waals surface area (Å²) in [5, 5.41) is 0.456. The smallest absolute Gasteiger partial charge is 0.333 e. The number of ether oxygens (including phenoxy) is 1. The Balaban J connectivity index is 2.19. The van der Waals surface area contributed by atoms with Crippen LogP contribution in [0.4, 0.5) is 0 Å². The number of esters is 1. The molecular formula is C16H17ClN2O2. The second-order valence-electron chi connectivity index (χ2n) is 4.68. The van der Waals surface area contributed by atoms with Crippen molar-refractivity contribution in [3.63, 3.8) is 0 Å². The molecule has 0 radical (unpaired) electrons. The lowest BCUT2D eigenvalue weighted by Crippen LogP contribution is -2.28. The maximum absolute atomic E-state index is 11.5. The van der Waals surface area contributed by atoms with Crippen LogP contribution in [-0.4, -0.2) is 28.5 Å². The zero-order valence-electron chi connectivity index (χ0n) is 11.7. The van der Waals surface area contributed by atoms with Gasteiger partial charge in [0.05, 0.1) is 5.70 Å². The van der Waals surface area contributed by atoms with Gasteiger partial charge in [-0.25, -0.2) is 9.78 Å². The number of carbonyl (C=O) groups is 1. The molecule has 4 nitrogen and oxygen atoms in total. The second-order valence-corrected chi connectivity index (χ2v) is 5.06. The summed E-state index contributed by atoms with van der Waals surface area (Å²) < 4.78 is 5.28. The molecule has 21 heavy (non-hydrogen) atoms. The minimum atomic E-state index is -0.319. The van der Waals surface area contributed by atoms with E-state index in [9.17, 15) is 4.79 Å². The minimum Gasteiger partial charge on any atom is -0.452 e. The molecule has 1 aromatic rings. The third-order valence-corrected chi connectivity index (χ3v) is 3.34. The number of aromatic nitrogens is 1. The van der Waals surface area contributed by atoms with Crippen LogP contribution >= 0.6 is 11.6 Å². The standard InChI is InChI=1S/C16H17ClN2O2/c1-3-5-14-13(9-16(20)21-14)19(8-4-2)11-12-6-7-15(17)18-10-12/h3-4,6-7,9-10,14H,1-2,5,8,11H2. The van der Waals surface area contributed by atoms with Crippen molar-refractivity contribution < 1.29 is 9.53 Å². The van der Waals surface area contributed by atoms with Crippen molar-refractivity contribution in [1.82, 2.24) is 9.88 Å². The van der Waals surface area contributed by atoms with Crippen molar-refractivity contribution in [1.29, 1.82) is 0 Å². The maximum atomic E-state index is 11.5. The van der Waals surface area contributed by atoms with Gasteiger partial charge in [-0.05, 0) is 11.6 Å². The van der Waals surface area contributed by atoms with E-state index >= 15 is 0 Å². The van der Waals surface area contributed by atoms with Crippen LogP contribution < -0.4 is 0 Å². The highest BCUT2D eigenvalue weighted by atomic mass is 35.5. The molecule has 0 spiro atoms. The summed E-state index contributed by atoms with van der Waals surface area (Å²) in [5.41, 5.74) is 1.84. The molecule has 1 atom stereocenters. The summed E-state index contributed by atoms with van der Waals surface area (Å²) in [6, 6.07) is 3.65. The third-order valence-electron chi connectivity index (χ3n) is 3.11. The highest BCUT2D eigenvalue weighted by molar-refractivity contribution is 6.29. The Labute approximate surface area is 129 Å². The highest BCUT2D eigenvalue weighted by Gasteiger charge is 2.28. The van der Waals surface area contributed by atoms with Crippen LogP contribution in [0.3, 0.4) is 0 Å². The van der Waals surface area contributed by atoms with Gasteiger partial charge in [0.2, 0.25) is 0 Å². The van der Waals surface area contributed by atoms with Gasteiger partial charge < -0.3 is 9.64 Å². The van der Waals surface area contributed by atoms with Gasteiger partial charge in [-0.3, -0.25) is 0 Å². The number of pyridine rings is 1. The first-order valence-electron chi connectivity index (χ1n) is 6.63. The molecule has 5 heteroatoms. The van der Waals surface area contributed by atoms with Gasteiger partial charge in [-0.1, -0.05) is 29.8 Å². The molecule has 0 bridgehead atoms. The molecule has 2 rings (SSSR count). The Morgan fingerprint density at radius 2 is 2.19 bits per heavy atom. The molecule has 1 aliphatic rings.